The van der Waals surface area contributed by atoms with Crippen molar-refractivity contribution in [2.24, 2.45) is 4.99 Å². The molecule has 0 spiro atoms. The highest BCUT2D eigenvalue weighted by molar-refractivity contribution is 5.80. The van der Waals surface area contributed by atoms with E-state index in [1.165, 1.54) is 5.56 Å². The van der Waals surface area contributed by atoms with Gasteiger partial charge in [0, 0.05) is 20.1 Å². The number of carbonyl (C=O) groups is 1. The largest absolute Gasteiger partial charge is 0.444 e. The van der Waals surface area contributed by atoms with Gasteiger partial charge in [0.05, 0.1) is 6.04 Å². The van der Waals surface area contributed by atoms with Crippen LogP contribution >= 0.6 is 0 Å². The number of guanidine groups is 1. The molecule has 24 heavy (non-hydrogen) atoms. The fourth-order valence-electron chi connectivity index (χ4n) is 2.02. The van der Waals surface area contributed by atoms with Crippen molar-refractivity contribution < 1.29 is 9.53 Å². The smallest absolute Gasteiger partial charge is 0.407 e. The van der Waals surface area contributed by atoms with Gasteiger partial charge in [0.1, 0.15) is 5.60 Å². The molecule has 1 amide bonds. The quantitative estimate of drug-likeness (QED) is 0.425. The maximum Gasteiger partial charge on any atom is 0.407 e. The van der Waals surface area contributed by atoms with Crippen molar-refractivity contribution in [2.45, 2.75) is 45.8 Å². The lowest BCUT2D eigenvalue weighted by Crippen LogP contribution is -2.40. The van der Waals surface area contributed by atoms with Crippen molar-refractivity contribution in [2.75, 3.05) is 20.1 Å². The number of alkyl carbamates (subject to hydrolysis) is 1. The predicted molar refractivity (Wildman–Crippen MR) is 98.2 cm³/mol. The van der Waals surface area contributed by atoms with Crippen LogP contribution in [0.15, 0.2) is 35.3 Å². The Balaban J connectivity index is 2.24. The molecule has 1 unspecified atom stereocenters. The van der Waals surface area contributed by atoms with Gasteiger partial charge < -0.3 is 20.7 Å². The molecule has 0 saturated carbocycles. The molecule has 0 saturated heterocycles. The molecule has 0 fully saturated rings. The lowest BCUT2D eigenvalue weighted by atomic mass is 10.1. The molecule has 0 aliphatic carbocycles. The molecule has 0 aliphatic rings. The Hall–Kier alpha value is -2.24. The third-order valence-corrected chi connectivity index (χ3v) is 3.19. The van der Waals surface area contributed by atoms with Crippen molar-refractivity contribution in [1.82, 2.24) is 16.0 Å². The minimum Gasteiger partial charge on any atom is -0.444 e. The second kappa shape index (κ2) is 9.80. The van der Waals surface area contributed by atoms with E-state index < -0.39 is 5.60 Å². The zero-order valence-electron chi connectivity index (χ0n) is 15.3. The molecule has 0 bridgehead atoms. The molecular formula is C18H30N4O2. The van der Waals surface area contributed by atoms with E-state index in [1.807, 2.05) is 39.0 Å². The molecular weight excluding hydrogens is 304 g/mol. The molecule has 1 atom stereocenters. The summed E-state index contributed by atoms with van der Waals surface area (Å²) in [5.74, 6) is 0.739. The molecule has 6 heteroatoms. The van der Waals surface area contributed by atoms with Crippen molar-refractivity contribution >= 4 is 12.1 Å². The Kier molecular flexibility index (Phi) is 8.09. The third kappa shape index (κ3) is 8.41. The third-order valence-electron chi connectivity index (χ3n) is 3.19. The van der Waals surface area contributed by atoms with Gasteiger partial charge >= 0.3 is 6.09 Å². The van der Waals surface area contributed by atoms with Gasteiger partial charge in [0.2, 0.25) is 0 Å². The molecule has 6 nitrogen and oxygen atoms in total. The second-order valence-electron chi connectivity index (χ2n) is 6.56. The monoisotopic (exact) mass is 334 g/mol. The van der Waals surface area contributed by atoms with Gasteiger partial charge in [-0.15, -0.1) is 0 Å². The van der Waals surface area contributed by atoms with Gasteiger partial charge in [-0.25, -0.2) is 4.79 Å². The van der Waals surface area contributed by atoms with Crippen LogP contribution in [-0.4, -0.2) is 37.8 Å². The maximum absolute atomic E-state index is 11.5. The predicted octanol–water partition coefficient (Wildman–Crippen LogP) is 2.83. The van der Waals surface area contributed by atoms with Gasteiger partial charge in [-0.2, -0.15) is 0 Å². The van der Waals surface area contributed by atoms with Crippen LogP contribution in [0.5, 0.6) is 0 Å². The molecule has 1 aromatic carbocycles. The molecule has 0 heterocycles. The Labute approximate surface area is 145 Å². The maximum atomic E-state index is 11.5. The first kappa shape index (κ1) is 19.8. The zero-order chi connectivity index (χ0) is 18.0. The summed E-state index contributed by atoms with van der Waals surface area (Å²) in [6.07, 6.45) is 0.391. The van der Waals surface area contributed by atoms with E-state index in [-0.39, 0.29) is 12.1 Å². The molecule has 0 aliphatic heterocycles. The highest BCUT2D eigenvalue weighted by Gasteiger charge is 2.15. The number of nitrogens with one attached hydrogen (secondary N) is 3. The first-order valence-electron chi connectivity index (χ1n) is 8.31. The van der Waals surface area contributed by atoms with Crippen molar-refractivity contribution in [3.05, 3.63) is 35.9 Å². The average Bonchev–Trinajstić information content (AvgIpc) is 2.52. The van der Waals surface area contributed by atoms with Crippen LogP contribution in [0.4, 0.5) is 4.79 Å². The second-order valence-corrected chi connectivity index (χ2v) is 6.56. The Morgan fingerprint density at radius 3 is 2.38 bits per heavy atom. The summed E-state index contributed by atoms with van der Waals surface area (Å²) in [7, 11) is 1.74. The summed E-state index contributed by atoms with van der Waals surface area (Å²) in [5.41, 5.74) is 0.731. The van der Waals surface area contributed by atoms with Gasteiger partial charge in [-0.1, -0.05) is 30.3 Å². The van der Waals surface area contributed by atoms with Gasteiger partial charge in [-0.05, 0) is 39.7 Å². The lowest BCUT2D eigenvalue weighted by molar-refractivity contribution is 0.0527. The Morgan fingerprint density at radius 1 is 1.17 bits per heavy atom. The average molecular weight is 334 g/mol. The van der Waals surface area contributed by atoms with Crippen LogP contribution < -0.4 is 16.0 Å². The van der Waals surface area contributed by atoms with Crippen LogP contribution in [-0.2, 0) is 4.74 Å². The highest BCUT2D eigenvalue weighted by atomic mass is 16.6. The molecule has 1 rings (SSSR count). The zero-order valence-corrected chi connectivity index (χ0v) is 15.3. The van der Waals surface area contributed by atoms with Crippen LogP contribution in [0.25, 0.3) is 0 Å². The van der Waals surface area contributed by atoms with E-state index in [4.69, 9.17) is 4.74 Å². The normalized spacial score (nSPS) is 13.1. The number of amides is 1. The molecule has 0 radical (unpaired) electrons. The summed E-state index contributed by atoms with van der Waals surface area (Å²) >= 11 is 0. The fourth-order valence-corrected chi connectivity index (χ4v) is 2.02. The summed E-state index contributed by atoms with van der Waals surface area (Å²) in [6, 6.07) is 10.4. The lowest BCUT2D eigenvalue weighted by Gasteiger charge is -2.20. The fraction of sp³-hybridized carbons (Fsp3) is 0.556. The van der Waals surface area contributed by atoms with Crippen molar-refractivity contribution in [3.8, 4) is 0 Å². The molecule has 1 aromatic rings. The van der Waals surface area contributed by atoms with E-state index in [1.54, 1.807) is 7.05 Å². The summed E-state index contributed by atoms with van der Waals surface area (Å²) in [6.45, 7) is 8.88. The van der Waals surface area contributed by atoms with Gasteiger partial charge in [0.25, 0.3) is 0 Å². The molecule has 0 aromatic heterocycles. The highest BCUT2D eigenvalue weighted by Crippen LogP contribution is 2.10. The van der Waals surface area contributed by atoms with Crippen LogP contribution in [0.3, 0.4) is 0 Å². The number of carbonyl (C=O) groups excluding carboxylic acids is 1. The molecule has 3 N–H and O–H groups in total. The van der Waals surface area contributed by atoms with Crippen LogP contribution in [0, 0.1) is 0 Å². The Morgan fingerprint density at radius 2 is 1.79 bits per heavy atom. The topological polar surface area (TPSA) is 74.8 Å². The molecule has 134 valence electrons. The summed E-state index contributed by atoms with van der Waals surface area (Å²) < 4.78 is 5.18. The number of nitrogens with zero attached hydrogens (tertiary/aromatic N) is 1. The van der Waals surface area contributed by atoms with E-state index in [9.17, 15) is 4.79 Å². The van der Waals surface area contributed by atoms with E-state index in [2.05, 4.69) is 40.0 Å². The minimum atomic E-state index is -0.470. The van der Waals surface area contributed by atoms with Gasteiger partial charge in [0.15, 0.2) is 5.96 Å². The van der Waals surface area contributed by atoms with Crippen molar-refractivity contribution in [3.63, 3.8) is 0 Å². The van der Waals surface area contributed by atoms with Gasteiger partial charge in [-0.3, -0.25) is 4.99 Å². The first-order chi connectivity index (χ1) is 11.3. The van der Waals surface area contributed by atoms with E-state index in [0.717, 1.165) is 12.4 Å². The number of benzene rings is 1. The standard InChI is InChI=1S/C18H30N4O2/c1-14(15-10-7-6-8-11-15)22-16(19-5)20-12-9-13-21-17(23)24-18(2,3)4/h6-8,10-11,14H,9,12-13H2,1-5H3,(H,21,23)(H2,19,20,22). The number of ether oxygens (including phenoxy) is 1. The number of rotatable bonds is 6. The van der Waals surface area contributed by atoms with E-state index >= 15 is 0 Å². The number of hydrogen-bond acceptors (Lipinski definition) is 3. The summed E-state index contributed by atoms with van der Waals surface area (Å²) in [5, 5.41) is 9.32. The van der Waals surface area contributed by atoms with E-state index in [0.29, 0.717) is 13.1 Å². The van der Waals surface area contributed by atoms with Crippen LogP contribution in [0.1, 0.15) is 45.7 Å². The minimum absolute atomic E-state index is 0.164. The number of hydrogen-bond donors (Lipinski definition) is 3. The number of aliphatic imine (C=N–C) groups is 1. The summed E-state index contributed by atoms with van der Waals surface area (Å²) in [4.78, 5) is 15.7. The first-order valence-corrected chi connectivity index (χ1v) is 8.31. The van der Waals surface area contributed by atoms with Crippen LogP contribution in [0.2, 0.25) is 0 Å². The SMILES string of the molecule is CN=C(NCCCNC(=O)OC(C)(C)C)NC(C)c1ccccc1. The van der Waals surface area contributed by atoms with Crippen molar-refractivity contribution in [1.29, 1.82) is 0 Å². The Bertz CT molecular complexity index is 524.